The highest BCUT2D eigenvalue weighted by molar-refractivity contribution is 9.10. The quantitative estimate of drug-likeness (QED) is 0.836. The first kappa shape index (κ1) is 11.1. The lowest BCUT2D eigenvalue weighted by atomic mass is 10.0. The summed E-state index contributed by atoms with van der Waals surface area (Å²) in [6, 6.07) is 7.91. The summed E-state index contributed by atoms with van der Waals surface area (Å²) in [5, 5.41) is 9.73. The largest absolute Gasteiger partial charge is 0.506 e. The van der Waals surface area contributed by atoms with Crippen molar-refractivity contribution in [3.63, 3.8) is 0 Å². The zero-order valence-electron chi connectivity index (χ0n) is 8.05. The van der Waals surface area contributed by atoms with Gasteiger partial charge >= 0.3 is 0 Å². The molecule has 0 saturated carbocycles. The van der Waals surface area contributed by atoms with Crippen LogP contribution in [0.1, 0.15) is 0 Å². The van der Waals surface area contributed by atoms with Gasteiger partial charge in [0.2, 0.25) is 0 Å². The fourth-order valence-corrected chi connectivity index (χ4v) is 1.80. The summed E-state index contributed by atoms with van der Waals surface area (Å²) in [6.07, 6.45) is 0. The van der Waals surface area contributed by atoms with Crippen molar-refractivity contribution in [3.8, 4) is 16.9 Å². The van der Waals surface area contributed by atoms with Gasteiger partial charge < -0.3 is 5.11 Å². The van der Waals surface area contributed by atoms with Crippen LogP contribution in [0.5, 0.6) is 5.75 Å². The van der Waals surface area contributed by atoms with Gasteiger partial charge in [-0.15, -0.1) is 0 Å². The Kier molecular flexibility index (Phi) is 2.92. The van der Waals surface area contributed by atoms with Crippen LogP contribution in [-0.2, 0) is 0 Å². The van der Waals surface area contributed by atoms with Crippen molar-refractivity contribution < 1.29 is 13.9 Å². The maximum atomic E-state index is 13.5. The lowest BCUT2D eigenvalue weighted by Crippen LogP contribution is -1.87. The van der Waals surface area contributed by atoms with Gasteiger partial charge in [-0.3, -0.25) is 0 Å². The number of benzene rings is 2. The Morgan fingerprint density at radius 3 is 2.50 bits per heavy atom. The lowest BCUT2D eigenvalue weighted by molar-refractivity contribution is 0.473. The standard InChI is InChI=1S/C12H7BrF2O/c13-10-3-1-2-8(12(10)16)9-6-7(14)4-5-11(9)15/h1-6,16H. The molecule has 0 heterocycles. The molecular weight excluding hydrogens is 278 g/mol. The molecule has 0 saturated heterocycles. The van der Waals surface area contributed by atoms with Gasteiger partial charge in [0.05, 0.1) is 4.47 Å². The van der Waals surface area contributed by atoms with Crippen LogP contribution in [0.3, 0.4) is 0 Å². The second kappa shape index (κ2) is 4.22. The zero-order valence-corrected chi connectivity index (χ0v) is 9.63. The molecule has 0 aliphatic heterocycles. The molecule has 0 aliphatic carbocycles. The van der Waals surface area contributed by atoms with Crippen molar-refractivity contribution in [2.75, 3.05) is 0 Å². The number of hydrogen-bond acceptors (Lipinski definition) is 1. The Morgan fingerprint density at radius 1 is 1.00 bits per heavy atom. The Bertz CT molecular complexity index is 541. The maximum Gasteiger partial charge on any atom is 0.137 e. The van der Waals surface area contributed by atoms with Gasteiger partial charge in [0.1, 0.15) is 17.4 Å². The van der Waals surface area contributed by atoms with Crippen LogP contribution < -0.4 is 0 Å². The summed E-state index contributed by atoms with van der Waals surface area (Å²) >= 11 is 3.12. The third-order valence-corrected chi connectivity index (χ3v) is 2.85. The molecule has 0 atom stereocenters. The SMILES string of the molecule is Oc1c(Br)cccc1-c1cc(F)ccc1F. The van der Waals surface area contributed by atoms with E-state index in [0.29, 0.717) is 4.47 Å². The molecule has 4 heteroatoms. The molecule has 2 aromatic carbocycles. The molecule has 82 valence electrons. The Balaban J connectivity index is 2.67. The van der Waals surface area contributed by atoms with E-state index in [2.05, 4.69) is 15.9 Å². The van der Waals surface area contributed by atoms with Gasteiger partial charge in [0.15, 0.2) is 0 Å². The van der Waals surface area contributed by atoms with E-state index in [1.54, 1.807) is 12.1 Å². The van der Waals surface area contributed by atoms with Gasteiger partial charge in [0, 0.05) is 11.1 Å². The molecule has 0 aromatic heterocycles. The first-order valence-corrected chi connectivity index (χ1v) is 5.32. The summed E-state index contributed by atoms with van der Waals surface area (Å²) in [5.41, 5.74) is 0.296. The van der Waals surface area contributed by atoms with E-state index in [-0.39, 0.29) is 16.9 Å². The zero-order chi connectivity index (χ0) is 11.7. The summed E-state index contributed by atoms with van der Waals surface area (Å²) in [6.45, 7) is 0. The molecule has 0 bridgehead atoms. The molecule has 0 fully saturated rings. The number of hydrogen-bond donors (Lipinski definition) is 1. The fourth-order valence-electron chi connectivity index (χ4n) is 1.44. The monoisotopic (exact) mass is 284 g/mol. The first-order chi connectivity index (χ1) is 7.59. The van der Waals surface area contributed by atoms with Crippen molar-refractivity contribution in [2.24, 2.45) is 0 Å². The van der Waals surface area contributed by atoms with Gasteiger partial charge in [-0.25, -0.2) is 8.78 Å². The van der Waals surface area contributed by atoms with E-state index in [9.17, 15) is 13.9 Å². The molecule has 1 N–H and O–H groups in total. The highest BCUT2D eigenvalue weighted by Gasteiger charge is 2.12. The lowest BCUT2D eigenvalue weighted by Gasteiger charge is -2.07. The number of para-hydroxylation sites is 1. The number of aromatic hydroxyl groups is 1. The summed E-state index contributed by atoms with van der Waals surface area (Å²) in [7, 11) is 0. The first-order valence-electron chi connectivity index (χ1n) is 4.52. The fraction of sp³-hybridized carbons (Fsp3) is 0. The average molecular weight is 285 g/mol. The number of halogens is 3. The van der Waals surface area contributed by atoms with E-state index < -0.39 is 11.6 Å². The van der Waals surface area contributed by atoms with Gasteiger partial charge in [-0.1, -0.05) is 12.1 Å². The highest BCUT2D eigenvalue weighted by Crippen LogP contribution is 2.36. The third-order valence-electron chi connectivity index (χ3n) is 2.21. The maximum absolute atomic E-state index is 13.5. The molecule has 0 amide bonds. The molecule has 0 spiro atoms. The Morgan fingerprint density at radius 2 is 1.75 bits per heavy atom. The number of phenolic OH excluding ortho intramolecular Hbond substituents is 1. The van der Waals surface area contributed by atoms with Crippen LogP contribution in [0.4, 0.5) is 8.78 Å². The smallest absolute Gasteiger partial charge is 0.137 e. The summed E-state index contributed by atoms with van der Waals surface area (Å²) < 4.78 is 26.9. The van der Waals surface area contributed by atoms with Crippen molar-refractivity contribution >= 4 is 15.9 Å². The van der Waals surface area contributed by atoms with E-state index in [1.807, 2.05) is 0 Å². The van der Waals surface area contributed by atoms with Crippen molar-refractivity contribution in [1.82, 2.24) is 0 Å². The third kappa shape index (κ3) is 1.93. The van der Waals surface area contributed by atoms with E-state index >= 15 is 0 Å². The number of phenols is 1. The van der Waals surface area contributed by atoms with Gasteiger partial charge in [-0.05, 0) is 40.2 Å². The van der Waals surface area contributed by atoms with Gasteiger partial charge in [-0.2, -0.15) is 0 Å². The van der Waals surface area contributed by atoms with Crippen LogP contribution in [0.2, 0.25) is 0 Å². The normalized spacial score (nSPS) is 10.4. The predicted molar refractivity (Wildman–Crippen MR) is 61.2 cm³/mol. The summed E-state index contributed by atoms with van der Waals surface area (Å²) in [5.74, 6) is -1.22. The van der Waals surface area contributed by atoms with E-state index in [1.165, 1.54) is 6.07 Å². The molecule has 0 unspecified atom stereocenters. The van der Waals surface area contributed by atoms with E-state index in [0.717, 1.165) is 18.2 Å². The van der Waals surface area contributed by atoms with Crippen LogP contribution in [0.25, 0.3) is 11.1 Å². The van der Waals surface area contributed by atoms with Crippen molar-refractivity contribution in [3.05, 3.63) is 52.5 Å². The second-order valence-corrected chi connectivity index (χ2v) is 4.11. The van der Waals surface area contributed by atoms with Gasteiger partial charge in [0.25, 0.3) is 0 Å². The van der Waals surface area contributed by atoms with Crippen LogP contribution >= 0.6 is 15.9 Å². The predicted octanol–water partition coefficient (Wildman–Crippen LogP) is 4.10. The second-order valence-electron chi connectivity index (χ2n) is 3.26. The molecule has 0 aliphatic rings. The van der Waals surface area contributed by atoms with Crippen LogP contribution in [0.15, 0.2) is 40.9 Å². The molecule has 1 nitrogen and oxygen atoms in total. The minimum Gasteiger partial charge on any atom is -0.506 e. The molecule has 2 aromatic rings. The molecular formula is C12H7BrF2O. The minimum absolute atomic E-state index is 0.0406. The van der Waals surface area contributed by atoms with Crippen molar-refractivity contribution in [2.45, 2.75) is 0 Å². The molecule has 2 rings (SSSR count). The number of rotatable bonds is 1. The van der Waals surface area contributed by atoms with Crippen LogP contribution in [0, 0.1) is 11.6 Å². The Labute approximate surface area is 99.5 Å². The molecule has 0 radical (unpaired) electrons. The van der Waals surface area contributed by atoms with Crippen molar-refractivity contribution in [1.29, 1.82) is 0 Å². The minimum atomic E-state index is -0.574. The average Bonchev–Trinajstić information content (AvgIpc) is 2.26. The van der Waals surface area contributed by atoms with Crippen LogP contribution in [-0.4, -0.2) is 5.11 Å². The highest BCUT2D eigenvalue weighted by atomic mass is 79.9. The topological polar surface area (TPSA) is 20.2 Å². The molecule has 16 heavy (non-hydrogen) atoms. The summed E-state index contributed by atoms with van der Waals surface area (Å²) in [4.78, 5) is 0. The van der Waals surface area contributed by atoms with E-state index in [4.69, 9.17) is 0 Å². The Hall–Kier alpha value is -1.42.